The molecule has 0 saturated carbocycles. The molecule has 32 heavy (non-hydrogen) atoms. The van der Waals surface area contributed by atoms with Gasteiger partial charge in [-0.3, -0.25) is 4.40 Å². The van der Waals surface area contributed by atoms with Crippen molar-refractivity contribution in [1.82, 2.24) is 19.3 Å². The first kappa shape index (κ1) is 20.7. The van der Waals surface area contributed by atoms with Crippen molar-refractivity contribution in [2.24, 2.45) is 0 Å². The van der Waals surface area contributed by atoms with Crippen LogP contribution in [-0.4, -0.2) is 63.7 Å². The molecule has 4 heterocycles. The standard InChI is InChI=1S/C23H27FN6O2/c1-15-13-29(14-16(2)32-15)21-12-25-22-27-20(7-10-30(21)22)18-11-17(5-6-19(18)24)26-23(31)28-8-3-4-9-28/h5-7,10-12,15-16H,3-4,8-9,13-14H2,1-2H3,(H,26,31)/t15-,16+. The van der Waals surface area contributed by atoms with Gasteiger partial charge in [-0.2, -0.15) is 0 Å². The Hall–Kier alpha value is -3.20. The molecule has 5 rings (SSSR count). The maximum atomic E-state index is 14.7. The van der Waals surface area contributed by atoms with Crippen LogP contribution >= 0.6 is 0 Å². The minimum Gasteiger partial charge on any atom is -0.372 e. The summed E-state index contributed by atoms with van der Waals surface area (Å²) in [7, 11) is 0. The highest BCUT2D eigenvalue weighted by atomic mass is 19.1. The fourth-order valence-electron chi connectivity index (χ4n) is 4.53. The number of nitrogens with one attached hydrogen (secondary N) is 1. The summed E-state index contributed by atoms with van der Waals surface area (Å²) < 4.78 is 22.4. The number of amides is 2. The monoisotopic (exact) mass is 438 g/mol. The van der Waals surface area contributed by atoms with Gasteiger partial charge in [0, 0.05) is 43.6 Å². The predicted octanol–water partition coefficient (Wildman–Crippen LogP) is 3.78. The van der Waals surface area contributed by atoms with Gasteiger partial charge >= 0.3 is 6.03 Å². The molecule has 2 aliphatic heterocycles. The van der Waals surface area contributed by atoms with Gasteiger partial charge in [0.2, 0.25) is 5.78 Å². The largest absolute Gasteiger partial charge is 0.372 e. The predicted molar refractivity (Wildman–Crippen MR) is 120 cm³/mol. The summed E-state index contributed by atoms with van der Waals surface area (Å²) in [6, 6.07) is 6.16. The third-order valence-electron chi connectivity index (χ3n) is 5.99. The molecule has 0 unspecified atom stereocenters. The van der Waals surface area contributed by atoms with Crippen LogP contribution in [0.3, 0.4) is 0 Å². The lowest BCUT2D eigenvalue weighted by Crippen LogP contribution is -2.45. The van der Waals surface area contributed by atoms with Crippen LogP contribution in [0.5, 0.6) is 0 Å². The highest BCUT2D eigenvalue weighted by molar-refractivity contribution is 5.90. The minimum absolute atomic E-state index is 0.129. The molecule has 9 heteroatoms. The first-order valence-electron chi connectivity index (χ1n) is 11.1. The molecule has 2 aromatic heterocycles. The van der Waals surface area contributed by atoms with Crippen LogP contribution in [0, 0.1) is 5.82 Å². The molecule has 3 aromatic rings. The van der Waals surface area contributed by atoms with Gasteiger partial charge < -0.3 is 19.9 Å². The Kier molecular flexibility index (Phi) is 5.42. The molecule has 8 nitrogen and oxygen atoms in total. The molecule has 0 bridgehead atoms. The Bertz CT molecular complexity index is 1130. The average Bonchev–Trinajstić information content (AvgIpc) is 3.44. The first-order valence-corrected chi connectivity index (χ1v) is 11.1. The molecule has 2 saturated heterocycles. The van der Waals surface area contributed by atoms with Crippen molar-refractivity contribution in [1.29, 1.82) is 0 Å². The second-order valence-corrected chi connectivity index (χ2v) is 8.58. The number of morpholine rings is 1. The van der Waals surface area contributed by atoms with Crippen LogP contribution in [0.2, 0.25) is 0 Å². The number of benzene rings is 1. The van der Waals surface area contributed by atoms with Crippen molar-refractivity contribution in [3.8, 4) is 11.3 Å². The van der Waals surface area contributed by atoms with Gasteiger partial charge in [-0.15, -0.1) is 0 Å². The lowest BCUT2D eigenvalue weighted by atomic mass is 10.1. The fraction of sp³-hybridized carbons (Fsp3) is 0.435. The normalized spacial score (nSPS) is 21.3. The van der Waals surface area contributed by atoms with E-state index in [0.717, 1.165) is 44.8 Å². The molecule has 168 valence electrons. The van der Waals surface area contributed by atoms with Crippen LogP contribution in [0.1, 0.15) is 26.7 Å². The molecule has 0 spiro atoms. The number of hydrogen-bond donors (Lipinski definition) is 1. The highest BCUT2D eigenvalue weighted by Crippen LogP contribution is 2.27. The molecule has 1 aromatic carbocycles. The number of carbonyl (C=O) groups is 1. The summed E-state index contributed by atoms with van der Waals surface area (Å²) in [6.45, 7) is 7.16. The molecular weight excluding hydrogens is 411 g/mol. The lowest BCUT2D eigenvalue weighted by molar-refractivity contribution is -0.00550. The number of anilines is 2. The number of hydrogen-bond acceptors (Lipinski definition) is 5. The van der Waals surface area contributed by atoms with Crippen LogP contribution < -0.4 is 10.2 Å². The van der Waals surface area contributed by atoms with E-state index in [1.54, 1.807) is 29.3 Å². The third kappa shape index (κ3) is 4.00. The Morgan fingerprint density at radius 2 is 1.91 bits per heavy atom. The molecule has 2 amide bonds. The Balaban J connectivity index is 1.41. The summed E-state index contributed by atoms with van der Waals surface area (Å²) in [6.07, 6.45) is 5.94. The number of ether oxygens (including phenoxy) is 1. The molecule has 0 aliphatic carbocycles. The summed E-state index contributed by atoms with van der Waals surface area (Å²) in [5.41, 5.74) is 1.33. The van der Waals surface area contributed by atoms with E-state index < -0.39 is 5.82 Å². The average molecular weight is 439 g/mol. The SMILES string of the molecule is C[C@@H]1CN(c2cnc3nc(-c4cc(NC(=O)N5CCCC5)ccc4F)ccn23)C[C@H](C)O1. The molecule has 2 atom stereocenters. The van der Waals surface area contributed by atoms with Crippen molar-refractivity contribution in [2.45, 2.75) is 38.9 Å². The molecule has 0 radical (unpaired) electrons. The van der Waals surface area contributed by atoms with E-state index in [1.165, 1.54) is 6.07 Å². The van der Waals surface area contributed by atoms with E-state index in [-0.39, 0.29) is 18.2 Å². The Labute approximate surface area is 186 Å². The van der Waals surface area contributed by atoms with Crippen molar-refractivity contribution >= 4 is 23.3 Å². The number of carbonyl (C=O) groups excluding carboxylic acids is 1. The summed E-state index contributed by atoms with van der Waals surface area (Å²) >= 11 is 0. The number of aromatic nitrogens is 3. The molecule has 2 fully saturated rings. The van der Waals surface area contributed by atoms with Crippen LogP contribution in [-0.2, 0) is 4.74 Å². The van der Waals surface area contributed by atoms with Gasteiger partial charge in [0.25, 0.3) is 0 Å². The molecule has 2 aliphatic rings. The smallest absolute Gasteiger partial charge is 0.321 e. The quantitative estimate of drug-likeness (QED) is 0.674. The van der Waals surface area contributed by atoms with Gasteiger partial charge in [0.1, 0.15) is 11.6 Å². The maximum Gasteiger partial charge on any atom is 0.321 e. The van der Waals surface area contributed by atoms with Crippen molar-refractivity contribution in [2.75, 3.05) is 36.4 Å². The van der Waals surface area contributed by atoms with E-state index in [0.29, 0.717) is 22.7 Å². The zero-order chi connectivity index (χ0) is 22.2. The zero-order valence-corrected chi connectivity index (χ0v) is 18.3. The van der Waals surface area contributed by atoms with Gasteiger partial charge in [0.15, 0.2) is 0 Å². The molecular formula is C23H27FN6O2. The number of fused-ring (bicyclic) bond motifs is 1. The first-order chi connectivity index (χ1) is 15.5. The van der Waals surface area contributed by atoms with Crippen LogP contribution in [0.25, 0.3) is 17.0 Å². The van der Waals surface area contributed by atoms with E-state index in [9.17, 15) is 9.18 Å². The van der Waals surface area contributed by atoms with Gasteiger partial charge in [0.05, 0.1) is 24.1 Å². The van der Waals surface area contributed by atoms with Crippen molar-refractivity contribution in [3.05, 3.63) is 42.5 Å². The number of nitrogens with zero attached hydrogens (tertiary/aromatic N) is 5. The number of halogens is 1. The Morgan fingerprint density at radius 1 is 1.16 bits per heavy atom. The van der Waals surface area contributed by atoms with E-state index >= 15 is 0 Å². The van der Waals surface area contributed by atoms with Crippen LogP contribution in [0.15, 0.2) is 36.7 Å². The maximum absolute atomic E-state index is 14.7. The summed E-state index contributed by atoms with van der Waals surface area (Å²) in [5.74, 6) is 1.03. The number of likely N-dealkylation sites (tertiary alicyclic amines) is 1. The number of imidazole rings is 1. The number of urea groups is 1. The summed E-state index contributed by atoms with van der Waals surface area (Å²) in [5, 5.41) is 2.87. The zero-order valence-electron chi connectivity index (χ0n) is 18.3. The van der Waals surface area contributed by atoms with Gasteiger partial charge in [-0.1, -0.05) is 0 Å². The lowest BCUT2D eigenvalue weighted by Gasteiger charge is -2.36. The minimum atomic E-state index is -0.399. The fourth-order valence-corrected chi connectivity index (χ4v) is 4.53. The topological polar surface area (TPSA) is 75.0 Å². The van der Waals surface area contributed by atoms with E-state index in [4.69, 9.17) is 4.74 Å². The van der Waals surface area contributed by atoms with E-state index in [2.05, 4.69) is 34.0 Å². The summed E-state index contributed by atoms with van der Waals surface area (Å²) in [4.78, 5) is 25.4. The third-order valence-corrected chi connectivity index (χ3v) is 5.99. The van der Waals surface area contributed by atoms with Gasteiger partial charge in [-0.25, -0.2) is 19.2 Å². The van der Waals surface area contributed by atoms with Crippen LogP contribution in [0.4, 0.5) is 20.7 Å². The van der Waals surface area contributed by atoms with Gasteiger partial charge in [-0.05, 0) is 51.0 Å². The van der Waals surface area contributed by atoms with E-state index in [1.807, 2.05) is 10.6 Å². The number of rotatable bonds is 3. The Morgan fingerprint density at radius 3 is 2.66 bits per heavy atom. The van der Waals surface area contributed by atoms with Crippen molar-refractivity contribution in [3.63, 3.8) is 0 Å². The molecule has 1 N–H and O–H groups in total. The second kappa shape index (κ2) is 8.38. The highest BCUT2D eigenvalue weighted by Gasteiger charge is 2.25. The second-order valence-electron chi connectivity index (χ2n) is 8.58. The van der Waals surface area contributed by atoms with Crippen molar-refractivity contribution < 1.29 is 13.9 Å².